The molecule has 0 spiro atoms. The second-order valence-electron chi connectivity index (χ2n) is 10.8. The number of piperidine rings is 1. The molecule has 3 heterocycles. The van der Waals surface area contributed by atoms with Crippen LogP contribution in [0.25, 0.3) is 11.0 Å². The van der Waals surface area contributed by atoms with E-state index in [9.17, 15) is 9.59 Å². The molecule has 1 aromatic heterocycles. The minimum atomic E-state index is -1.26. The Morgan fingerprint density at radius 1 is 1.07 bits per heavy atom. The normalized spacial score (nSPS) is 15.6. The van der Waals surface area contributed by atoms with Crippen molar-refractivity contribution in [3.05, 3.63) is 70.9 Å². The zero-order valence-electron chi connectivity index (χ0n) is 26.0. The maximum atomic E-state index is 9.55. The Balaban J connectivity index is 0.000000434. The second-order valence-corrected chi connectivity index (χ2v) is 10.8. The molecule has 2 aromatic carbocycles. The van der Waals surface area contributed by atoms with Gasteiger partial charge in [-0.2, -0.15) is 5.26 Å². The van der Waals surface area contributed by atoms with Gasteiger partial charge in [0.25, 0.3) is 0 Å². The maximum Gasteiger partial charge on any atom is 0.328 e. The molecule has 0 bridgehead atoms. The highest BCUT2D eigenvalue weighted by Crippen LogP contribution is 2.31. The number of hydrogen-bond donors (Lipinski definition) is 3. The van der Waals surface area contributed by atoms with E-state index < -0.39 is 11.9 Å². The fourth-order valence-corrected chi connectivity index (χ4v) is 5.01. The lowest BCUT2D eigenvalue weighted by Gasteiger charge is -2.32. The van der Waals surface area contributed by atoms with Crippen molar-refractivity contribution in [3.63, 3.8) is 0 Å². The Morgan fingerprint density at radius 3 is 2.27 bits per heavy atom. The number of benzene rings is 2. The number of aryl methyl sites for hydroxylation is 2. The second kappa shape index (κ2) is 18.5. The highest BCUT2D eigenvalue weighted by atomic mass is 16.7. The van der Waals surface area contributed by atoms with Crippen molar-refractivity contribution >= 4 is 22.9 Å². The van der Waals surface area contributed by atoms with Crippen LogP contribution < -0.4 is 10.1 Å². The van der Waals surface area contributed by atoms with Gasteiger partial charge in [0.2, 0.25) is 0 Å². The first-order valence-electron chi connectivity index (χ1n) is 14.9. The Labute approximate surface area is 263 Å². The molecule has 0 aliphatic carbocycles. The van der Waals surface area contributed by atoms with Gasteiger partial charge < -0.3 is 34.3 Å². The average molecular weight is 623 g/mol. The fourth-order valence-electron chi connectivity index (χ4n) is 5.01. The van der Waals surface area contributed by atoms with Crippen LogP contribution in [-0.2, 0) is 32.1 Å². The summed E-state index contributed by atoms with van der Waals surface area (Å²) in [5, 5.41) is 32.8. The number of likely N-dealkylation sites (tertiary alicyclic amines) is 1. The molecule has 0 saturated carbocycles. The molecule has 2 saturated heterocycles. The van der Waals surface area contributed by atoms with Gasteiger partial charge in [-0.15, -0.1) is 0 Å². The van der Waals surface area contributed by atoms with E-state index in [0.717, 1.165) is 79.2 Å². The third kappa shape index (κ3) is 11.6. The summed E-state index contributed by atoms with van der Waals surface area (Å²) in [5.74, 6) is -1.01. The lowest BCUT2D eigenvalue weighted by atomic mass is 9.91. The number of nitrogens with one attached hydrogen (secondary N) is 1. The summed E-state index contributed by atoms with van der Waals surface area (Å²) in [6.07, 6.45) is 5.53. The van der Waals surface area contributed by atoms with Gasteiger partial charge in [-0.25, -0.2) is 9.59 Å². The quantitative estimate of drug-likeness (QED) is 0.277. The molecule has 3 aromatic rings. The van der Waals surface area contributed by atoms with Crippen LogP contribution in [0.1, 0.15) is 41.6 Å². The number of aliphatic carboxylic acids is 2. The first-order chi connectivity index (χ1) is 21.7. The number of rotatable bonds is 10. The summed E-state index contributed by atoms with van der Waals surface area (Å²) < 4.78 is 22.9. The van der Waals surface area contributed by atoms with Gasteiger partial charge >= 0.3 is 11.9 Å². The molecule has 2 aliphatic rings. The summed E-state index contributed by atoms with van der Waals surface area (Å²) in [7, 11) is 3.75. The van der Waals surface area contributed by atoms with Gasteiger partial charge in [-0.3, -0.25) is 4.90 Å². The van der Waals surface area contributed by atoms with Gasteiger partial charge in [-0.1, -0.05) is 17.3 Å². The summed E-state index contributed by atoms with van der Waals surface area (Å²) in [4.78, 5) is 21.6. The number of carboxylic acid groups (broad SMARTS) is 2. The summed E-state index contributed by atoms with van der Waals surface area (Å²) in [6, 6.07) is 13.6. The minimum absolute atomic E-state index is 0.0423. The van der Waals surface area contributed by atoms with Gasteiger partial charge in [0.05, 0.1) is 30.5 Å². The SMILES string of the molecule is CNC.Cc1c(OCc2ccc(C#N)cc2)ccc2c(CCC3CCN(CC4OCCO4)CC3)noc12.O=C(O)C=CC(=O)O. The van der Waals surface area contributed by atoms with Gasteiger partial charge in [0, 0.05) is 29.6 Å². The molecule has 45 heavy (non-hydrogen) atoms. The molecule has 242 valence electrons. The molecule has 2 aliphatic heterocycles. The zero-order valence-corrected chi connectivity index (χ0v) is 26.0. The molecule has 12 heteroatoms. The molecule has 0 unspecified atom stereocenters. The molecule has 0 radical (unpaired) electrons. The van der Waals surface area contributed by atoms with Crippen LogP contribution >= 0.6 is 0 Å². The zero-order chi connectivity index (χ0) is 32.6. The number of carboxylic acids is 2. The molecular weight excluding hydrogens is 580 g/mol. The van der Waals surface area contributed by atoms with Crippen LogP contribution in [0.2, 0.25) is 0 Å². The molecular formula is C33H42N4O8. The molecule has 12 nitrogen and oxygen atoms in total. The lowest BCUT2D eigenvalue weighted by molar-refractivity contribution is -0.134. The first-order valence-corrected chi connectivity index (χ1v) is 14.9. The fraction of sp³-hybridized carbons (Fsp3) is 0.455. The predicted molar refractivity (Wildman–Crippen MR) is 167 cm³/mol. The Morgan fingerprint density at radius 2 is 1.69 bits per heavy atom. The molecule has 0 atom stereocenters. The highest BCUT2D eigenvalue weighted by molar-refractivity contribution is 5.89. The number of aromatic nitrogens is 1. The van der Waals surface area contributed by atoms with Crippen molar-refractivity contribution in [1.82, 2.24) is 15.4 Å². The van der Waals surface area contributed by atoms with Crippen LogP contribution in [0.4, 0.5) is 0 Å². The monoisotopic (exact) mass is 622 g/mol. The van der Waals surface area contributed by atoms with Crippen LogP contribution in [-0.4, -0.2) is 85.4 Å². The van der Waals surface area contributed by atoms with Crippen LogP contribution in [0.3, 0.4) is 0 Å². The molecule has 5 rings (SSSR count). The molecule has 0 amide bonds. The number of hydrogen-bond acceptors (Lipinski definition) is 10. The Kier molecular flexibility index (Phi) is 14.5. The van der Waals surface area contributed by atoms with E-state index in [2.05, 4.69) is 27.5 Å². The van der Waals surface area contributed by atoms with E-state index in [1.54, 1.807) is 12.1 Å². The number of nitrogens with zero attached hydrogens (tertiary/aromatic N) is 3. The van der Waals surface area contributed by atoms with E-state index in [0.29, 0.717) is 30.2 Å². The van der Waals surface area contributed by atoms with Crippen molar-refractivity contribution in [1.29, 1.82) is 5.26 Å². The van der Waals surface area contributed by atoms with Crippen molar-refractivity contribution < 1.29 is 38.5 Å². The number of ether oxygens (including phenoxy) is 3. The number of nitriles is 1. The Hall–Kier alpha value is -4.28. The van der Waals surface area contributed by atoms with Crippen LogP contribution in [0, 0.1) is 24.2 Å². The average Bonchev–Trinajstić information content (AvgIpc) is 3.71. The highest BCUT2D eigenvalue weighted by Gasteiger charge is 2.25. The van der Waals surface area contributed by atoms with Crippen LogP contribution in [0.5, 0.6) is 5.75 Å². The molecule has 2 fully saturated rings. The minimum Gasteiger partial charge on any atom is -0.488 e. The maximum absolute atomic E-state index is 9.55. The van der Waals surface area contributed by atoms with Gasteiger partial charge in [0.1, 0.15) is 12.4 Å². The van der Waals surface area contributed by atoms with E-state index in [1.807, 2.05) is 39.2 Å². The summed E-state index contributed by atoms with van der Waals surface area (Å²) in [6.45, 7) is 6.98. The van der Waals surface area contributed by atoms with E-state index in [4.69, 9.17) is 34.2 Å². The first kappa shape index (κ1) is 35.2. The van der Waals surface area contributed by atoms with E-state index in [1.165, 1.54) is 12.8 Å². The van der Waals surface area contributed by atoms with Gasteiger partial charge in [0.15, 0.2) is 11.9 Å². The smallest absolute Gasteiger partial charge is 0.328 e. The van der Waals surface area contributed by atoms with Crippen molar-refractivity contribution in [2.75, 3.05) is 46.9 Å². The summed E-state index contributed by atoms with van der Waals surface area (Å²) in [5.41, 5.74) is 4.47. The predicted octanol–water partition coefficient (Wildman–Crippen LogP) is 4.15. The third-order valence-corrected chi connectivity index (χ3v) is 7.35. The van der Waals surface area contributed by atoms with Crippen molar-refractivity contribution in [2.24, 2.45) is 5.92 Å². The number of fused-ring (bicyclic) bond motifs is 1. The van der Waals surface area contributed by atoms with Crippen molar-refractivity contribution in [3.8, 4) is 11.8 Å². The standard InChI is InChI=1S/C27H31N3O4.C4H4O4.C2H7N/c1-19-25(33-18-22-4-2-21(16-28)3-5-22)9-7-23-24(29-34-27(19)23)8-6-20-10-12-30(13-11-20)17-26-31-14-15-32-26;5-3(6)1-2-4(7)8;1-3-2/h2-5,7,9,20,26H,6,8,10-15,17-18H2,1H3;1-2H,(H,5,6)(H,7,8);3H,1-2H3. The van der Waals surface area contributed by atoms with Gasteiger partial charge in [-0.05, 0) is 95.5 Å². The van der Waals surface area contributed by atoms with Crippen molar-refractivity contribution in [2.45, 2.75) is 45.5 Å². The van der Waals surface area contributed by atoms with Crippen LogP contribution in [0.15, 0.2) is 53.1 Å². The largest absolute Gasteiger partial charge is 0.488 e. The topological polar surface area (TPSA) is 167 Å². The Bertz CT molecular complexity index is 1420. The van der Waals surface area contributed by atoms with E-state index in [-0.39, 0.29) is 6.29 Å². The lowest BCUT2D eigenvalue weighted by Crippen LogP contribution is -2.39. The third-order valence-electron chi connectivity index (χ3n) is 7.35. The summed E-state index contributed by atoms with van der Waals surface area (Å²) >= 11 is 0. The molecule has 3 N–H and O–H groups in total. The number of carbonyl (C=O) groups is 2. The van der Waals surface area contributed by atoms with E-state index >= 15 is 0 Å².